The van der Waals surface area contributed by atoms with Gasteiger partial charge in [-0.3, -0.25) is 9.79 Å². The molecule has 6 heteroatoms. The Bertz CT molecular complexity index is 455. The number of likely N-dealkylation sites (tertiary alicyclic amines) is 2. The van der Waals surface area contributed by atoms with Crippen LogP contribution >= 0.6 is 0 Å². The molecule has 150 valence electrons. The molecule has 0 aliphatic carbocycles. The van der Waals surface area contributed by atoms with Crippen molar-refractivity contribution in [2.75, 3.05) is 46.4 Å². The number of nitrogens with zero attached hydrogens (tertiary/aromatic N) is 3. The van der Waals surface area contributed by atoms with Gasteiger partial charge in [0, 0.05) is 32.7 Å². The summed E-state index contributed by atoms with van der Waals surface area (Å²) in [6.45, 7) is 9.76. The Labute approximate surface area is 159 Å². The normalized spacial score (nSPS) is 25.2. The van der Waals surface area contributed by atoms with E-state index in [4.69, 9.17) is 4.74 Å². The SMILES string of the molecule is CCOC(=O)C1CCCN(C(=NC)NCCCCN2CCCCC2C)C1. The molecule has 2 aliphatic heterocycles. The Morgan fingerprint density at radius 1 is 1.19 bits per heavy atom. The van der Waals surface area contributed by atoms with Crippen LogP contribution in [0.2, 0.25) is 0 Å². The Balaban J connectivity index is 1.67. The van der Waals surface area contributed by atoms with Crippen LogP contribution in [0.25, 0.3) is 0 Å². The number of carbonyl (C=O) groups excluding carboxylic acids is 1. The highest BCUT2D eigenvalue weighted by Crippen LogP contribution is 2.18. The van der Waals surface area contributed by atoms with E-state index in [1.54, 1.807) is 0 Å². The van der Waals surface area contributed by atoms with E-state index >= 15 is 0 Å². The molecule has 6 nitrogen and oxygen atoms in total. The molecule has 0 aromatic rings. The maximum absolute atomic E-state index is 12.0. The highest BCUT2D eigenvalue weighted by molar-refractivity contribution is 5.81. The number of unbranched alkanes of at least 4 members (excludes halogenated alkanes) is 1. The lowest BCUT2D eigenvalue weighted by atomic mass is 9.98. The first-order valence-electron chi connectivity index (χ1n) is 10.5. The molecule has 0 radical (unpaired) electrons. The van der Waals surface area contributed by atoms with Crippen LogP contribution in [0.1, 0.15) is 58.8 Å². The Kier molecular flexibility index (Phi) is 9.23. The molecule has 2 heterocycles. The van der Waals surface area contributed by atoms with Crippen LogP contribution in [0.3, 0.4) is 0 Å². The van der Waals surface area contributed by atoms with Crippen LogP contribution in [0.5, 0.6) is 0 Å². The fraction of sp³-hybridized carbons (Fsp3) is 0.900. The average molecular weight is 367 g/mol. The van der Waals surface area contributed by atoms with E-state index in [9.17, 15) is 4.79 Å². The molecule has 0 spiro atoms. The second kappa shape index (κ2) is 11.4. The standard InChI is InChI=1S/C20H38N4O2/c1-4-26-19(25)18-11-9-15-24(16-18)20(21-3)22-12-6-8-14-23-13-7-5-10-17(23)2/h17-18H,4-16H2,1-3H3,(H,21,22). The van der Waals surface area contributed by atoms with Crippen LogP contribution in [-0.2, 0) is 9.53 Å². The molecule has 2 unspecified atom stereocenters. The number of piperidine rings is 2. The molecule has 0 aromatic heterocycles. The summed E-state index contributed by atoms with van der Waals surface area (Å²) in [5.74, 6) is 0.830. The van der Waals surface area contributed by atoms with E-state index in [0.29, 0.717) is 13.2 Å². The molecule has 0 amide bonds. The van der Waals surface area contributed by atoms with Gasteiger partial charge in [-0.05, 0) is 65.5 Å². The van der Waals surface area contributed by atoms with Crippen molar-refractivity contribution in [3.05, 3.63) is 0 Å². The summed E-state index contributed by atoms with van der Waals surface area (Å²) in [7, 11) is 1.83. The van der Waals surface area contributed by atoms with E-state index in [0.717, 1.165) is 44.4 Å². The van der Waals surface area contributed by atoms with Crippen molar-refractivity contribution in [1.29, 1.82) is 0 Å². The van der Waals surface area contributed by atoms with Gasteiger partial charge in [0.25, 0.3) is 0 Å². The first-order valence-corrected chi connectivity index (χ1v) is 10.5. The smallest absolute Gasteiger partial charge is 0.310 e. The maximum atomic E-state index is 12.0. The minimum atomic E-state index is -0.0664. The predicted molar refractivity (Wildman–Crippen MR) is 106 cm³/mol. The van der Waals surface area contributed by atoms with Crippen LogP contribution < -0.4 is 5.32 Å². The van der Waals surface area contributed by atoms with Gasteiger partial charge in [-0.1, -0.05) is 6.42 Å². The molecule has 2 rings (SSSR count). The zero-order valence-corrected chi connectivity index (χ0v) is 17.0. The zero-order valence-electron chi connectivity index (χ0n) is 17.0. The van der Waals surface area contributed by atoms with E-state index in [2.05, 4.69) is 27.0 Å². The number of carbonyl (C=O) groups is 1. The Morgan fingerprint density at radius 2 is 2.04 bits per heavy atom. The van der Waals surface area contributed by atoms with Crippen molar-refractivity contribution in [3.63, 3.8) is 0 Å². The van der Waals surface area contributed by atoms with Crippen LogP contribution in [-0.4, -0.2) is 74.1 Å². The van der Waals surface area contributed by atoms with Crippen LogP contribution in [0.15, 0.2) is 4.99 Å². The van der Waals surface area contributed by atoms with Crippen LogP contribution in [0, 0.1) is 5.92 Å². The van der Waals surface area contributed by atoms with Crippen LogP contribution in [0.4, 0.5) is 0 Å². The summed E-state index contributed by atoms with van der Waals surface area (Å²) in [5.41, 5.74) is 0. The molecule has 2 fully saturated rings. The number of esters is 1. The average Bonchev–Trinajstić information content (AvgIpc) is 2.66. The third-order valence-corrected chi connectivity index (χ3v) is 5.65. The lowest BCUT2D eigenvalue weighted by Crippen LogP contribution is -2.48. The van der Waals surface area contributed by atoms with Gasteiger partial charge in [0.1, 0.15) is 0 Å². The Morgan fingerprint density at radius 3 is 2.77 bits per heavy atom. The summed E-state index contributed by atoms with van der Waals surface area (Å²) in [6, 6.07) is 0.748. The lowest BCUT2D eigenvalue weighted by molar-refractivity contribution is -0.149. The van der Waals surface area contributed by atoms with Gasteiger partial charge in [-0.15, -0.1) is 0 Å². The number of guanidine groups is 1. The van der Waals surface area contributed by atoms with Crippen molar-refractivity contribution in [2.45, 2.75) is 64.8 Å². The summed E-state index contributed by atoms with van der Waals surface area (Å²) < 4.78 is 5.19. The summed E-state index contributed by atoms with van der Waals surface area (Å²) in [5, 5.41) is 3.48. The van der Waals surface area contributed by atoms with Gasteiger partial charge in [0.2, 0.25) is 0 Å². The van der Waals surface area contributed by atoms with Crippen molar-refractivity contribution in [3.8, 4) is 0 Å². The highest BCUT2D eigenvalue weighted by atomic mass is 16.5. The van der Waals surface area contributed by atoms with Gasteiger partial charge < -0.3 is 19.9 Å². The molecule has 2 aliphatic rings. The van der Waals surface area contributed by atoms with E-state index < -0.39 is 0 Å². The molecule has 0 saturated carbocycles. The van der Waals surface area contributed by atoms with Crippen molar-refractivity contribution < 1.29 is 9.53 Å². The fourth-order valence-electron chi connectivity index (χ4n) is 4.08. The Hall–Kier alpha value is -1.30. The zero-order chi connectivity index (χ0) is 18.8. The van der Waals surface area contributed by atoms with E-state index in [1.165, 1.54) is 38.8 Å². The first-order chi connectivity index (χ1) is 12.7. The quantitative estimate of drug-likeness (QED) is 0.325. The predicted octanol–water partition coefficient (Wildman–Crippen LogP) is 2.49. The lowest BCUT2D eigenvalue weighted by Gasteiger charge is -2.34. The van der Waals surface area contributed by atoms with Gasteiger partial charge in [-0.2, -0.15) is 0 Å². The maximum Gasteiger partial charge on any atom is 0.310 e. The summed E-state index contributed by atoms with van der Waals surface area (Å²) in [6.07, 6.45) is 8.39. The third kappa shape index (κ3) is 6.45. The van der Waals surface area contributed by atoms with E-state index in [-0.39, 0.29) is 11.9 Å². The first kappa shape index (κ1) is 21.0. The molecule has 2 atom stereocenters. The molecular weight excluding hydrogens is 328 g/mol. The minimum Gasteiger partial charge on any atom is -0.466 e. The van der Waals surface area contributed by atoms with Crippen molar-refractivity contribution in [2.24, 2.45) is 10.9 Å². The molecule has 0 aromatic carbocycles. The third-order valence-electron chi connectivity index (χ3n) is 5.65. The molecule has 0 bridgehead atoms. The highest BCUT2D eigenvalue weighted by Gasteiger charge is 2.28. The number of nitrogens with one attached hydrogen (secondary N) is 1. The molecule has 1 N–H and O–H groups in total. The minimum absolute atomic E-state index is 0.0251. The molecule has 26 heavy (non-hydrogen) atoms. The monoisotopic (exact) mass is 366 g/mol. The summed E-state index contributed by atoms with van der Waals surface area (Å²) >= 11 is 0. The second-order valence-electron chi connectivity index (χ2n) is 7.60. The van der Waals surface area contributed by atoms with Gasteiger partial charge in [0.05, 0.1) is 12.5 Å². The van der Waals surface area contributed by atoms with Gasteiger partial charge in [0.15, 0.2) is 5.96 Å². The number of rotatable bonds is 7. The second-order valence-corrected chi connectivity index (χ2v) is 7.60. The topological polar surface area (TPSA) is 57.2 Å². The largest absolute Gasteiger partial charge is 0.466 e. The number of hydrogen-bond donors (Lipinski definition) is 1. The summed E-state index contributed by atoms with van der Waals surface area (Å²) in [4.78, 5) is 21.3. The number of hydrogen-bond acceptors (Lipinski definition) is 4. The van der Waals surface area contributed by atoms with Crippen molar-refractivity contribution >= 4 is 11.9 Å². The number of aliphatic imine (C=N–C) groups is 1. The van der Waals surface area contributed by atoms with Gasteiger partial charge in [-0.25, -0.2) is 0 Å². The fourth-order valence-corrected chi connectivity index (χ4v) is 4.08. The molecule has 2 saturated heterocycles. The van der Waals surface area contributed by atoms with Crippen molar-refractivity contribution in [1.82, 2.24) is 15.1 Å². The van der Waals surface area contributed by atoms with Gasteiger partial charge >= 0.3 is 5.97 Å². The molecular formula is C20H38N4O2. The number of ether oxygens (including phenoxy) is 1. The van der Waals surface area contributed by atoms with E-state index in [1.807, 2.05) is 14.0 Å².